The third kappa shape index (κ3) is 4.59. The average molecular weight is 346 g/mol. The number of benzene rings is 1. The van der Waals surface area contributed by atoms with Gasteiger partial charge in [-0.15, -0.1) is 0 Å². The van der Waals surface area contributed by atoms with Gasteiger partial charge in [0.1, 0.15) is 18.4 Å². The largest absolute Gasteiger partial charge is 0.490 e. The van der Waals surface area contributed by atoms with Gasteiger partial charge in [0.25, 0.3) is 5.69 Å². The molecule has 0 saturated carbocycles. The standard InChI is InChI=1S/C17H22N4O4/c1-17(2,3)19-16(22)20-9-5-6-12(20)11-25-15-8-4-7-14(21(23)24)13(15)10-18/h4,7-8,12H,5-6,9,11H2,1-3H3,(H,19,22). The van der Waals surface area contributed by atoms with E-state index in [1.54, 1.807) is 4.90 Å². The number of rotatable bonds is 4. The molecule has 1 saturated heterocycles. The van der Waals surface area contributed by atoms with Crippen molar-refractivity contribution in [3.05, 3.63) is 33.9 Å². The van der Waals surface area contributed by atoms with E-state index in [9.17, 15) is 20.2 Å². The van der Waals surface area contributed by atoms with Crippen LogP contribution in [-0.4, -0.2) is 40.6 Å². The number of nitro benzene ring substituents is 1. The molecule has 1 unspecified atom stereocenters. The van der Waals surface area contributed by atoms with Crippen LogP contribution >= 0.6 is 0 Å². The monoisotopic (exact) mass is 346 g/mol. The van der Waals surface area contributed by atoms with Gasteiger partial charge in [0, 0.05) is 18.2 Å². The first kappa shape index (κ1) is 18.5. The van der Waals surface area contributed by atoms with Crippen molar-refractivity contribution in [2.24, 2.45) is 0 Å². The van der Waals surface area contributed by atoms with Crippen LogP contribution in [0.3, 0.4) is 0 Å². The Morgan fingerprint density at radius 2 is 2.24 bits per heavy atom. The van der Waals surface area contributed by atoms with Crippen molar-refractivity contribution in [1.29, 1.82) is 5.26 Å². The molecule has 1 heterocycles. The number of ether oxygens (including phenoxy) is 1. The van der Waals surface area contributed by atoms with Gasteiger partial charge in [0.15, 0.2) is 5.56 Å². The lowest BCUT2D eigenvalue weighted by Gasteiger charge is -2.29. The van der Waals surface area contributed by atoms with Crippen LogP contribution in [0.25, 0.3) is 0 Å². The molecule has 1 aliphatic heterocycles. The molecule has 2 amide bonds. The highest BCUT2D eigenvalue weighted by atomic mass is 16.6. The van der Waals surface area contributed by atoms with Gasteiger partial charge in [-0.05, 0) is 39.7 Å². The summed E-state index contributed by atoms with van der Waals surface area (Å²) in [6, 6.07) is 5.82. The van der Waals surface area contributed by atoms with E-state index in [4.69, 9.17) is 4.74 Å². The SMILES string of the molecule is CC(C)(C)NC(=O)N1CCCC1COc1cccc([N+](=O)[O-])c1C#N. The summed E-state index contributed by atoms with van der Waals surface area (Å²) < 4.78 is 5.66. The summed E-state index contributed by atoms with van der Waals surface area (Å²) in [5, 5.41) is 23.1. The lowest BCUT2D eigenvalue weighted by Crippen LogP contribution is -2.51. The molecule has 1 aliphatic rings. The Labute approximate surface area is 146 Å². The fraction of sp³-hybridized carbons (Fsp3) is 0.529. The van der Waals surface area contributed by atoms with E-state index < -0.39 is 4.92 Å². The highest BCUT2D eigenvalue weighted by Gasteiger charge is 2.31. The number of nitro groups is 1. The second kappa shape index (κ2) is 7.38. The third-order valence-electron chi connectivity index (χ3n) is 3.86. The molecule has 25 heavy (non-hydrogen) atoms. The Bertz CT molecular complexity index is 706. The van der Waals surface area contributed by atoms with E-state index in [2.05, 4.69) is 5.32 Å². The van der Waals surface area contributed by atoms with Crippen LogP contribution in [-0.2, 0) is 0 Å². The molecular weight excluding hydrogens is 324 g/mol. The molecule has 8 nitrogen and oxygen atoms in total. The second-order valence-electron chi connectivity index (χ2n) is 7.00. The number of amides is 2. The molecule has 1 aromatic carbocycles. The van der Waals surface area contributed by atoms with Crippen LogP contribution in [0, 0.1) is 21.4 Å². The van der Waals surface area contributed by atoms with Crippen molar-refractivity contribution < 1.29 is 14.5 Å². The minimum atomic E-state index is -0.607. The van der Waals surface area contributed by atoms with Gasteiger partial charge in [-0.3, -0.25) is 10.1 Å². The Balaban J connectivity index is 2.08. The average Bonchev–Trinajstić information content (AvgIpc) is 2.99. The van der Waals surface area contributed by atoms with Gasteiger partial charge in [0.05, 0.1) is 11.0 Å². The summed E-state index contributed by atoms with van der Waals surface area (Å²) in [6.45, 7) is 6.56. The van der Waals surface area contributed by atoms with Crippen LogP contribution < -0.4 is 10.1 Å². The van der Waals surface area contributed by atoms with E-state index in [1.165, 1.54) is 18.2 Å². The minimum Gasteiger partial charge on any atom is -0.490 e. The van der Waals surface area contributed by atoms with Crippen molar-refractivity contribution in [1.82, 2.24) is 10.2 Å². The van der Waals surface area contributed by atoms with Crippen LogP contribution in [0.4, 0.5) is 10.5 Å². The summed E-state index contributed by atoms with van der Waals surface area (Å²) >= 11 is 0. The fourth-order valence-corrected chi connectivity index (χ4v) is 2.76. The van der Waals surface area contributed by atoms with Crippen LogP contribution in [0.15, 0.2) is 18.2 Å². The molecule has 0 bridgehead atoms. The summed E-state index contributed by atoms with van der Waals surface area (Å²) in [5.74, 6) is 0.166. The number of urea groups is 1. The maximum Gasteiger partial charge on any atom is 0.318 e. The van der Waals surface area contributed by atoms with Crippen molar-refractivity contribution in [2.45, 2.75) is 45.2 Å². The number of nitrogens with zero attached hydrogens (tertiary/aromatic N) is 3. The van der Waals surface area contributed by atoms with Crippen molar-refractivity contribution in [3.63, 3.8) is 0 Å². The third-order valence-corrected chi connectivity index (χ3v) is 3.86. The highest BCUT2D eigenvalue weighted by molar-refractivity contribution is 5.75. The van der Waals surface area contributed by atoms with Crippen molar-refractivity contribution in [2.75, 3.05) is 13.2 Å². The van der Waals surface area contributed by atoms with Gasteiger partial charge >= 0.3 is 6.03 Å². The van der Waals surface area contributed by atoms with Gasteiger partial charge in [-0.1, -0.05) is 6.07 Å². The van der Waals surface area contributed by atoms with Gasteiger partial charge in [-0.2, -0.15) is 5.26 Å². The topological polar surface area (TPSA) is 108 Å². The number of carbonyl (C=O) groups excluding carboxylic acids is 1. The maximum atomic E-state index is 12.4. The first-order chi connectivity index (χ1) is 11.7. The van der Waals surface area contributed by atoms with Crippen LogP contribution in [0.1, 0.15) is 39.2 Å². The Morgan fingerprint density at radius 1 is 1.52 bits per heavy atom. The predicted octanol–water partition coefficient (Wildman–Crippen LogP) is 2.82. The number of nitriles is 1. The number of likely N-dealkylation sites (tertiary alicyclic amines) is 1. The van der Waals surface area contributed by atoms with E-state index >= 15 is 0 Å². The lowest BCUT2D eigenvalue weighted by atomic mass is 10.1. The summed E-state index contributed by atoms with van der Waals surface area (Å²) in [4.78, 5) is 24.5. The van der Waals surface area contributed by atoms with Gasteiger partial charge in [0.2, 0.25) is 0 Å². The van der Waals surface area contributed by atoms with E-state index in [-0.39, 0.29) is 41.2 Å². The number of carbonyl (C=O) groups is 1. The van der Waals surface area contributed by atoms with E-state index in [0.29, 0.717) is 6.54 Å². The van der Waals surface area contributed by atoms with Crippen molar-refractivity contribution >= 4 is 11.7 Å². The minimum absolute atomic E-state index is 0.101. The zero-order chi connectivity index (χ0) is 18.6. The number of hydrogen-bond donors (Lipinski definition) is 1. The van der Waals surface area contributed by atoms with Gasteiger partial charge < -0.3 is 15.0 Å². The summed E-state index contributed by atoms with van der Waals surface area (Å²) in [6.07, 6.45) is 1.65. The van der Waals surface area contributed by atoms with Crippen molar-refractivity contribution in [3.8, 4) is 11.8 Å². The molecule has 2 rings (SSSR count). The van der Waals surface area contributed by atoms with Gasteiger partial charge in [-0.25, -0.2) is 4.79 Å². The summed E-state index contributed by atoms with van der Waals surface area (Å²) in [7, 11) is 0. The Kier molecular flexibility index (Phi) is 5.47. The quantitative estimate of drug-likeness (QED) is 0.666. The Hall–Kier alpha value is -2.82. The zero-order valence-corrected chi connectivity index (χ0v) is 14.6. The first-order valence-electron chi connectivity index (χ1n) is 8.12. The Morgan fingerprint density at radius 3 is 2.84 bits per heavy atom. The maximum absolute atomic E-state index is 12.4. The van der Waals surface area contributed by atoms with E-state index in [0.717, 1.165) is 12.8 Å². The fourth-order valence-electron chi connectivity index (χ4n) is 2.76. The van der Waals surface area contributed by atoms with Crippen LogP contribution in [0.5, 0.6) is 5.75 Å². The molecule has 0 spiro atoms. The molecule has 8 heteroatoms. The number of hydrogen-bond acceptors (Lipinski definition) is 5. The highest BCUT2D eigenvalue weighted by Crippen LogP contribution is 2.28. The normalized spacial score (nSPS) is 17.0. The molecule has 134 valence electrons. The summed E-state index contributed by atoms with van der Waals surface area (Å²) in [5.41, 5.74) is -0.719. The lowest BCUT2D eigenvalue weighted by molar-refractivity contribution is -0.385. The predicted molar refractivity (Wildman–Crippen MR) is 91.3 cm³/mol. The molecule has 0 aromatic heterocycles. The van der Waals surface area contributed by atoms with E-state index in [1.807, 2.05) is 26.8 Å². The van der Waals surface area contributed by atoms with Crippen LogP contribution in [0.2, 0.25) is 0 Å². The molecule has 0 radical (unpaired) electrons. The second-order valence-corrected chi connectivity index (χ2v) is 7.00. The molecule has 1 atom stereocenters. The molecule has 1 aromatic rings. The molecule has 1 fully saturated rings. The molecule has 1 N–H and O–H groups in total. The zero-order valence-electron chi connectivity index (χ0n) is 14.6. The first-order valence-corrected chi connectivity index (χ1v) is 8.12. The smallest absolute Gasteiger partial charge is 0.318 e. The molecular formula is C17H22N4O4. The number of nitrogens with one attached hydrogen (secondary N) is 1. The molecule has 0 aliphatic carbocycles.